The molecule has 0 radical (unpaired) electrons. The van der Waals surface area contributed by atoms with Crippen molar-refractivity contribution >= 4 is 23.1 Å². The molecule has 0 unspecified atom stereocenters. The van der Waals surface area contributed by atoms with E-state index in [9.17, 15) is 14.7 Å². The molecule has 2 aromatic carbocycles. The van der Waals surface area contributed by atoms with E-state index >= 15 is 0 Å². The van der Waals surface area contributed by atoms with E-state index in [1.165, 1.54) is 4.90 Å². The number of anilines is 2. The molecule has 1 aliphatic rings. The van der Waals surface area contributed by atoms with Gasteiger partial charge in [0.15, 0.2) is 11.4 Å². The first kappa shape index (κ1) is 14.3. The minimum absolute atomic E-state index is 0.295. The highest BCUT2D eigenvalue weighted by Crippen LogP contribution is 2.41. The third kappa shape index (κ3) is 2.07. The number of nitrogen functional groups attached to an aromatic ring is 1. The van der Waals surface area contributed by atoms with Gasteiger partial charge in [-0.25, -0.2) is 0 Å². The molecule has 1 amide bonds. The Morgan fingerprint density at radius 2 is 1.82 bits per heavy atom. The number of likely N-dealkylation sites (N-methyl/N-ethyl adjacent to an activating group) is 1. The van der Waals surface area contributed by atoms with Crippen LogP contribution in [0, 0.1) is 0 Å². The summed E-state index contributed by atoms with van der Waals surface area (Å²) >= 11 is 0. The summed E-state index contributed by atoms with van der Waals surface area (Å²) in [6.07, 6.45) is -0.295. The highest BCUT2D eigenvalue weighted by atomic mass is 16.3. The number of carbonyl (C=O) groups is 2. The number of fused-ring (bicyclic) bond motifs is 1. The number of amides is 1. The molecule has 112 valence electrons. The number of nitrogens with zero attached hydrogens (tertiary/aromatic N) is 1. The second-order valence-corrected chi connectivity index (χ2v) is 5.46. The van der Waals surface area contributed by atoms with Crippen molar-refractivity contribution in [2.45, 2.75) is 12.0 Å². The van der Waals surface area contributed by atoms with Crippen LogP contribution in [0.25, 0.3) is 0 Å². The van der Waals surface area contributed by atoms with Gasteiger partial charge in [-0.15, -0.1) is 0 Å². The number of Topliss-reactive ketones (excluding diaryl/α,β-unsaturated/α-hetero) is 1. The molecule has 3 N–H and O–H groups in total. The van der Waals surface area contributed by atoms with Gasteiger partial charge in [0, 0.05) is 23.9 Å². The van der Waals surface area contributed by atoms with Gasteiger partial charge in [-0.2, -0.15) is 0 Å². The number of aliphatic hydroxyl groups is 1. The molecule has 0 aliphatic carbocycles. The molecule has 5 nitrogen and oxygen atoms in total. The zero-order chi connectivity index (χ0) is 15.9. The fourth-order valence-electron chi connectivity index (χ4n) is 2.79. The maximum Gasteiger partial charge on any atom is 0.263 e. The van der Waals surface area contributed by atoms with Crippen molar-refractivity contribution in [1.82, 2.24) is 0 Å². The summed E-state index contributed by atoms with van der Waals surface area (Å²) < 4.78 is 0. The molecule has 0 saturated carbocycles. The summed E-state index contributed by atoms with van der Waals surface area (Å²) in [5.74, 6) is -0.793. The third-order valence-corrected chi connectivity index (χ3v) is 4.02. The van der Waals surface area contributed by atoms with Crippen LogP contribution < -0.4 is 10.6 Å². The van der Waals surface area contributed by atoms with Crippen molar-refractivity contribution in [3.05, 3.63) is 59.7 Å². The topological polar surface area (TPSA) is 83.6 Å². The Bertz CT molecular complexity index is 755. The predicted octanol–water partition coefficient (Wildman–Crippen LogP) is 1.71. The number of benzene rings is 2. The van der Waals surface area contributed by atoms with Crippen LogP contribution in [0.5, 0.6) is 0 Å². The molecule has 0 saturated heterocycles. The molecular formula is C17H16N2O3. The first-order valence-electron chi connectivity index (χ1n) is 6.92. The Morgan fingerprint density at radius 1 is 1.18 bits per heavy atom. The summed E-state index contributed by atoms with van der Waals surface area (Å²) in [7, 11) is 1.59. The molecule has 1 atom stereocenters. The molecule has 0 fully saturated rings. The molecular weight excluding hydrogens is 280 g/mol. The highest BCUT2D eigenvalue weighted by molar-refractivity contribution is 6.10. The minimum Gasteiger partial charge on any atom is -0.399 e. The Hall–Kier alpha value is -2.66. The van der Waals surface area contributed by atoms with E-state index in [0.29, 0.717) is 22.5 Å². The average Bonchev–Trinajstić information content (AvgIpc) is 2.70. The van der Waals surface area contributed by atoms with Gasteiger partial charge < -0.3 is 15.7 Å². The number of hydrogen-bond acceptors (Lipinski definition) is 4. The van der Waals surface area contributed by atoms with Crippen LogP contribution in [0.4, 0.5) is 11.4 Å². The summed E-state index contributed by atoms with van der Waals surface area (Å²) in [5, 5.41) is 10.8. The summed E-state index contributed by atoms with van der Waals surface area (Å²) in [6.45, 7) is 0. The van der Waals surface area contributed by atoms with Crippen LogP contribution in [0.2, 0.25) is 0 Å². The van der Waals surface area contributed by atoms with Crippen LogP contribution in [0.1, 0.15) is 22.3 Å². The first-order valence-corrected chi connectivity index (χ1v) is 6.92. The lowest BCUT2D eigenvalue weighted by Crippen LogP contribution is -2.40. The van der Waals surface area contributed by atoms with Gasteiger partial charge in [0.25, 0.3) is 5.91 Å². The molecule has 1 heterocycles. The molecule has 0 bridgehead atoms. The van der Waals surface area contributed by atoms with Crippen molar-refractivity contribution in [3.8, 4) is 0 Å². The van der Waals surface area contributed by atoms with E-state index in [0.717, 1.165) is 0 Å². The number of ketones is 1. The van der Waals surface area contributed by atoms with Gasteiger partial charge in [-0.1, -0.05) is 18.2 Å². The smallest absolute Gasteiger partial charge is 0.263 e. The van der Waals surface area contributed by atoms with E-state index in [-0.39, 0.29) is 12.2 Å². The third-order valence-electron chi connectivity index (χ3n) is 4.02. The van der Waals surface area contributed by atoms with Crippen molar-refractivity contribution in [2.24, 2.45) is 0 Å². The number of hydrogen-bond donors (Lipinski definition) is 2. The van der Waals surface area contributed by atoms with Crippen LogP contribution in [-0.2, 0) is 10.4 Å². The van der Waals surface area contributed by atoms with Crippen LogP contribution in [0.15, 0.2) is 48.5 Å². The van der Waals surface area contributed by atoms with E-state index < -0.39 is 11.5 Å². The summed E-state index contributed by atoms with van der Waals surface area (Å²) in [5.41, 5.74) is 5.84. The Kier molecular flexibility index (Phi) is 3.22. The average molecular weight is 296 g/mol. The van der Waals surface area contributed by atoms with Gasteiger partial charge in [0.05, 0.1) is 12.1 Å². The molecule has 0 aromatic heterocycles. The van der Waals surface area contributed by atoms with Crippen molar-refractivity contribution in [2.75, 3.05) is 17.7 Å². The zero-order valence-corrected chi connectivity index (χ0v) is 12.1. The fourth-order valence-corrected chi connectivity index (χ4v) is 2.79. The number of carbonyl (C=O) groups excluding carboxylic acids is 2. The molecule has 2 aromatic rings. The minimum atomic E-state index is -1.82. The SMILES string of the molecule is CN1C(=O)[C@@](O)(CC(=O)c2ccc(N)cc2)c2ccccc21. The van der Waals surface area contributed by atoms with Gasteiger partial charge >= 0.3 is 0 Å². The number of rotatable bonds is 3. The van der Waals surface area contributed by atoms with Gasteiger partial charge in [-0.05, 0) is 30.3 Å². The molecule has 5 heteroatoms. The Morgan fingerprint density at radius 3 is 2.50 bits per heavy atom. The van der Waals surface area contributed by atoms with Gasteiger partial charge in [0.2, 0.25) is 0 Å². The molecule has 22 heavy (non-hydrogen) atoms. The Labute approximate surface area is 128 Å². The monoisotopic (exact) mass is 296 g/mol. The first-order chi connectivity index (χ1) is 10.4. The van der Waals surface area contributed by atoms with Gasteiger partial charge in [0.1, 0.15) is 0 Å². The second-order valence-electron chi connectivity index (χ2n) is 5.46. The summed E-state index contributed by atoms with van der Waals surface area (Å²) in [6, 6.07) is 13.4. The Balaban J connectivity index is 1.95. The van der Waals surface area contributed by atoms with Gasteiger partial charge in [-0.3, -0.25) is 9.59 Å². The lowest BCUT2D eigenvalue weighted by Gasteiger charge is -2.21. The molecule has 0 spiro atoms. The van der Waals surface area contributed by atoms with E-state index in [1.54, 1.807) is 55.6 Å². The normalized spacial score (nSPS) is 20.1. The van der Waals surface area contributed by atoms with Crippen LogP contribution in [-0.4, -0.2) is 23.8 Å². The molecule has 3 rings (SSSR count). The zero-order valence-electron chi connectivity index (χ0n) is 12.1. The largest absolute Gasteiger partial charge is 0.399 e. The van der Waals surface area contributed by atoms with E-state index in [1.807, 2.05) is 0 Å². The lowest BCUT2D eigenvalue weighted by atomic mass is 9.88. The quantitative estimate of drug-likeness (QED) is 0.667. The van der Waals surface area contributed by atoms with Crippen LogP contribution in [0.3, 0.4) is 0 Å². The highest BCUT2D eigenvalue weighted by Gasteiger charge is 2.49. The maximum absolute atomic E-state index is 12.4. The van der Waals surface area contributed by atoms with Crippen molar-refractivity contribution in [1.29, 1.82) is 0 Å². The summed E-state index contributed by atoms with van der Waals surface area (Å²) in [4.78, 5) is 26.2. The standard InChI is InChI=1S/C17H16N2O3/c1-19-14-5-3-2-4-13(14)17(22,16(19)21)10-15(20)11-6-8-12(18)9-7-11/h2-9,22H,10,18H2,1H3/t17-/m1/s1. The number of para-hydroxylation sites is 1. The van der Waals surface area contributed by atoms with Crippen molar-refractivity contribution < 1.29 is 14.7 Å². The van der Waals surface area contributed by atoms with Crippen LogP contribution >= 0.6 is 0 Å². The maximum atomic E-state index is 12.4. The molecule has 1 aliphatic heterocycles. The number of nitrogens with two attached hydrogens (primary N) is 1. The fraction of sp³-hybridized carbons (Fsp3) is 0.176. The predicted molar refractivity (Wildman–Crippen MR) is 83.6 cm³/mol. The lowest BCUT2D eigenvalue weighted by molar-refractivity contribution is -0.135. The van der Waals surface area contributed by atoms with E-state index in [2.05, 4.69) is 0 Å². The van der Waals surface area contributed by atoms with Crippen molar-refractivity contribution in [3.63, 3.8) is 0 Å². The second kappa shape index (κ2) is 4.96. The van der Waals surface area contributed by atoms with E-state index in [4.69, 9.17) is 5.73 Å².